The van der Waals surface area contributed by atoms with Crippen molar-refractivity contribution in [3.05, 3.63) is 52.8 Å². The number of anilines is 2. The average molecular weight is 362 g/mol. The van der Waals surface area contributed by atoms with Gasteiger partial charge in [0.2, 0.25) is 0 Å². The fourth-order valence-electron chi connectivity index (χ4n) is 2.71. The van der Waals surface area contributed by atoms with Crippen molar-refractivity contribution in [1.82, 2.24) is 4.98 Å². The molecule has 1 aliphatic heterocycles. The van der Waals surface area contributed by atoms with Crippen LogP contribution in [-0.4, -0.2) is 44.3 Å². The third kappa shape index (κ3) is 4.48. The third-order valence-electron chi connectivity index (χ3n) is 3.97. The molecule has 132 valence electrons. The molecule has 2 aromatic rings. The monoisotopic (exact) mass is 361 g/mol. The summed E-state index contributed by atoms with van der Waals surface area (Å²) in [6, 6.07) is 8.97. The van der Waals surface area contributed by atoms with E-state index in [0.29, 0.717) is 36.2 Å². The van der Waals surface area contributed by atoms with Gasteiger partial charge < -0.3 is 19.7 Å². The molecule has 0 spiro atoms. The molecular formula is C18H20ClN3O3. The van der Waals surface area contributed by atoms with Crippen LogP contribution in [-0.2, 0) is 16.1 Å². The van der Waals surface area contributed by atoms with Crippen molar-refractivity contribution in [2.75, 3.05) is 43.6 Å². The number of methoxy groups -OCH3 is 1. The lowest BCUT2D eigenvalue weighted by atomic mass is 10.1. The van der Waals surface area contributed by atoms with E-state index in [1.54, 1.807) is 37.6 Å². The molecule has 0 saturated carbocycles. The standard InChI is InChI=1S/C18H20ClN3O3/c1-24-12-13-10-14(19)2-3-16(13)21-18(23)17-11-15(4-5-20-17)22-6-8-25-9-7-22/h2-5,10-11H,6-9,12H2,1H3,(H,21,23). The number of carbonyl (C=O) groups excluding carboxylic acids is 1. The minimum Gasteiger partial charge on any atom is -0.380 e. The zero-order valence-corrected chi connectivity index (χ0v) is 14.8. The number of nitrogens with zero attached hydrogens (tertiary/aromatic N) is 2. The Morgan fingerprint density at radius 2 is 2.12 bits per heavy atom. The molecule has 0 unspecified atom stereocenters. The predicted octanol–water partition coefficient (Wildman–Crippen LogP) is 2.97. The molecule has 1 N–H and O–H groups in total. The number of hydrogen-bond acceptors (Lipinski definition) is 5. The maximum absolute atomic E-state index is 12.6. The number of pyridine rings is 1. The molecule has 25 heavy (non-hydrogen) atoms. The summed E-state index contributed by atoms with van der Waals surface area (Å²) < 4.78 is 10.5. The Hall–Kier alpha value is -2.15. The van der Waals surface area contributed by atoms with Gasteiger partial charge in [-0.05, 0) is 30.3 Å². The Balaban J connectivity index is 1.77. The van der Waals surface area contributed by atoms with Gasteiger partial charge in [-0.15, -0.1) is 0 Å². The van der Waals surface area contributed by atoms with Crippen LogP contribution < -0.4 is 10.2 Å². The van der Waals surface area contributed by atoms with Gasteiger partial charge in [0.25, 0.3) is 5.91 Å². The molecule has 3 rings (SSSR count). The molecule has 1 aromatic carbocycles. The number of hydrogen-bond donors (Lipinski definition) is 1. The fraction of sp³-hybridized carbons (Fsp3) is 0.333. The van der Waals surface area contributed by atoms with Crippen molar-refractivity contribution in [1.29, 1.82) is 0 Å². The largest absolute Gasteiger partial charge is 0.380 e. The van der Waals surface area contributed by atoms with E-state index >= 15 is 0 Å². The third-order valence-corrected chi connectivity index (χ3v) is 4.20. The second-order valence-corrected chi connectivity index (χ2v) is 6.12. The van der Waals surface area contributed by atoms with Gasteiger partial charge in [-0.25, -0.2) is 0 Å². The first-order valence-corrected chi connectivity index (χ1v) is 8.42. The molecule has 1 aromatic heterocycles. The average Bonchev–Trinajstić information content (AvgIpc) is 2.65. The zero-order valence-electron chi connectivity index (χ0n) is 14.0. The Labute approximate surface area is 151 Å². The molecule has 1 saturated heterocycles. The van der Waals surface area contributed by atoms with Crippen molar-refractivity contribution in [3.8, 4) is 0 Å². The molecule has 0 atom stereocenters. The molecule has 1 aliphatic rings. The molecule has 6 nitrogen and oxygen atoms in total. The van der Waals surface area contributed by atoms with Gasteiger partial charge in [0, 0.05) is 48.4 Å². The molecule has 1 amide bonds. The Morgan fingerprint density at radius 3 is 2.88 bits per heavy atom. The molecule has 7 heteroatoms. The first-order valence-electron chi connectivity index (χ1n) is 8.05. The second-order valence-electron chi connectivity index (χ2n) is 5.69. The maximum Gasteiger partial charge on any atom is 0.274 e. The summed E-state index contributed by atoms with van der Waals surface area (Å²) in [4.78, 5) is 19.0. The Morgan fingerprint density at radius 1 is 1.32 bits per heavy atom. The summed E-state index contributed by atoms with van der Waals surface area (Å²) in [5, 5.41) is 3.48. The van der Waals surface area contributed by atoms with Crippen LogP contribution >= 0.6 is 11.6 Å². The van der Waals surface area contributed by atoms with Gasteiger partial charge in [-0.1, -0.05) is 11.6 Å². The van der Waals surface area contributed by atoms with E-state index in [0.717, 1.165) is 24.3 Å². The number of benzene rings is 1. The van der Waals surface area contributed by atoms with Crippen LogP contribution in [0.1, 0.15) is 16.1 Å². The summed E-state index contributed by atoms with van der Waals surface area (Å²) in [5.41, 5.74) is 2.81. The second kappa shape index (κ2) is 8.29. The zero-order chi connectivity index (χ0) is 17.6. The van der Waals surface area contributed by atoms with E-state index < -0.39 is 0 Å². The van der Waals surface area contributed by atoms with E-state index in [2.05, 4.69) is 15.2 Å². The number of carbonyl (C=O) groups is 1. The van der Waals surface area contributed by atoms with Gasteiger partial charge in [0.15, 0.2) is 0 Å². The number of amides is 1. The lowest BCUT2D eigenvalue weighted by Gasteiger charge is -2.28. The van der Waals surface area contributed by atoms with Crippen LogP contribution in [0.5, 0.6) is 0 Å². The number of aromatic nitrogens is 1. The van der Waals surface area contributed by atoms with E-state index in [1.807, 2.05) is 6.07 Å². The highest BCUT2D eigenvalue weighted by Crippen LogP contribution is 2.23. The summed E-state index contributed by atoms with van der Waals surface area (Å²) in [7, 11) is 1.60. The number of morpholine rings is 1. The molecule has 0 aliphatic carbocycles. The van der Waals surface area contributed by atoms with Gasteiger partial charge in [-0.3, -0.25) is 9.78 Å². The number of halogens is 1. The predicted molar refractivity (Wildman–Crippen MR) is 97.4 cm³/mol. The number of rotatable bonds is 5. The topological polar surface area (TPSA) is 63.7 Å². The highest BCUT2D eigenvalue weighted by atomic mass is 35.5. The van der Waals surface area contributed by atoms with Gasteiger partial charge in [0.05, 0.1) is 19.8 Å². The van der Waals surface area contributed by atoms with Crippen LogP contribution in [0.2, 0.25) is 5.02 Å². The van der Waals surface area contributed by atoms with Crippen LogP contribution in [0.3, 0.4) is 0 Å². The maximum atomic E-state index is 12.6. The van der Waals surface area contributed by atoms with Crippen molar-refractivity contribution in [3.63, 3.8) is 0 Å². The van der Waals surface area contributed by atoms with Crippen molar-refractivity contribution in [2.45, 2.75) is 6.61 Å². The summed E-state index contributed by atoms with van der Waals surface area (Å²) in [5.74, 6) is -0.269. The fourth-order valence-corrected chi connectivity index (χ4v) is 2.90. The lowest BCUT2D eigenvalue weighted by molar-refractivity contribution is 0.102. The highest BCUT2D eigenvalue weighted by molar-refractivity contribution is 6.30. The van der Waals surface area contributed by atoms with Crippen molar-refractivity contribution < 1.29 is 14.3 Å². The summed E-state index contributed by atoms with van der Waals surface area (Å²) >= 11 is 6.02. The van der Waals surface area contributed by atoms with Crippen LogP contribution in [0.4, 0.5) is 11.4 Å². The van der Waals surface area contributed by atoms with Gasteiger partial charge >= 0.3 is 0 Å². The smallest absolute Gasteiger partial charge is 0.274 e. The minimum atomic E-state index is -0.269. The van der Waals surface area contributed by atoms with Crippen LogP contribution in [0.25, 0.3) is 0 Å². The lowest BCUT2D eigenvalue weighted by Crippen LogP contribution is -2.36. The molecular weight excluding hydrogens is 342 g/mol. The summed E-state index contributed by atoms with van der Waals surface area (Å²) in [6.07, 6.45) is 1.65. The van der Waals surface area contributed by atoms with E-state index in [1.165, 1.54) is 0 Å². The van der Waals surface area contributed by atoms with E-state index in [4.69, 9.17) is 21.1 Å². The van der Waals surface area contributed by atoms with Crippen molar-refractivity contribution in [2.24, 2.45) is 0 Å². The quantitative estimate of drug-likeness (QED) is 0.887. The number of nitrogens with one attached hydrogen (secondary N) is 1. The van der Waals surface area contributed by atoms with Crippen molar-refractivity contribution >= 4 is 28.9 Å². The molecule has 1 fully saturated rings. The van der Waals surface area contributed by atoms with Gasteiger partial charge in [0.1, 0.15) is 5.69 Å². The van der Waals surface area contributed by atoms with Gasteiger partial charge in [-0.2, -0.15) is 0 Å². The first-order chi connectivity index (χ1) is 12.2. The van der Waals surface area contributed by atoms with Crippen LogP contribution in [0, 0.1) is 0 Å². The van der Waals surface area contributed by atoms with E-state index in [9.17, 15) is 4.79 Å². The molecule has 0 radical (unpaired) electrons. The number of ether oxygens (including phenoxy) is 2. The molecule has 2 heterocycles. The Bertz CT molecular complexity index is 748. The summed E-state index contributed by atoms with van der Waals surface area (Å²) in [6.45, 7) is 3.35. The van der Waals surface area contributed by atoms with Crippen LogP contribution in [0.15, 0.2) is 36.5 Å². The highest BCUT2D eigenvalue weighted by Gasteiger charge is 2.15. The van der Waals surface area contributed by atoms with E-state index in [-0.39, 0.29) is 5.91 Å². The normalized spacial score (nSPS) is 14.4. The minimum absolute atomic E-state index is 0.269. The molecule has 0 bridgehead atoms. The Kier molecular flexibility index (Phi) is 5.86. The SMILES string of the molecule is COCc1cc(Cl)ccc1NC(=O)c1cc(N2CCOCC2)ccn1. The first kappa shape index (κ1) is 17.7.